The van der Waals surface area contributed by atoms with Crippen LogP contribution in [0.15, 0.2) is 46.4 Å². The Balaban J connectivity index is 1.56. The minimum absolute atomic E-state index is 0.0356. The molecule has 6 rings (SSSR count). The van der Waals surface area contributed by atoms with E-state index < -0.39 is 35.8 Å². The van der Waals surface area contributed by atoms with Gasteiger partial charge in [0.2, 0.25) is 23.1 Å². The van der Waals surface area contributed by atoms with Gasteiger partial charge in [0.05, 0.1) is 35.5 Å². The summed E-state index contributed by atoms with van der Waals surface area (Å²) in [7, 11) is 3.28. The average molecular weight is 827 g/mol. The zero-order chi connectivity index (χ0) is 43.7. The zero-order valence-electron chi connectivity index (χ0n) is 34.8. The molecule has 20 nitrogen and oxygen atoms in total. The molecule has 4 aromatic heterocycles. The summed E-state index contributed by atoms with van der Waals surface area (Å²) in [6.07, 6.45) is -1.73. The van der Waals surface area contributed by atoms with Gasteiger partial charge in [-0.05, 0) is 77.9 Å². The Hall–Kier alpha value is -6.80. The van der Waals surface area contributed by atoms with Crippen LogP contribution in [0.25, 0.3) is 22.1 Å². The maximum atomic E-state index is 13.9. The minimum Gasteiger partial charge on any atom is -0.506 e. The van der Waals surface area contributed by atoms with Crippen molar-refractivity contribution in [1.82, 2.24) is 37.8 Å². The highest BCUT2D eigenvalue weighted by Crippen LogP contribution is 2.29. The van der Waals surface area contributed by atoms with E-state index in [9.17, 15) is 29.4 Å². The van der Waals surface area contributed by atoms with Gasteiger partial charge in [0, 0.05) is 51.5 Å². The van der Waals surface area contributed by atoms with E-state index in [1.54, 1.807) is 81.6 Å². The molecule has 0 radical (unpaired) electrons. The Labute approximate surface area is 343 Å². The maximum Gasteiger partial charge on any atom is 0.298 e. The first-order valence-corrected chi connectivity index (χ1v) is 19.5. The number of aromatic hydroxyl groups is 2. The molecular weight excluding hydrogens is 777 g/mol. The van der Waals surface area contributed by atoms with Crippen LogP contribution in [-0.2, 0) is 49.7 Å². The molecular formula is C40H50N12O8. The van der Waals surface area contributed by atoms with Gasteiger partial charge in [-0.15, -0.1) is 0 Å². The molecule has 0 unspecified atom stereocenters. The molecule has 0 aliphatic heterocycles. The van der Waals surface area contributed by atoms with E-state index in [1.165, 1.54) is 24.3 Å². The van der Waals surface area contributed by atoms with Crippen molar-refractivity contribution in [3.05, 3.63) is 81.5 Å². The molecule has 2 atom stereocenters. The summed E-state index contributed by atoms with van der Waals surface area (Å²) in [5, 5.41) is 31.7. The van der Waals surface area contributed by atoms with E-state index in [2.05, 4.69) is 20.2 Å². The highest BCUT2D eigenvalue weighted by molar-refractivity contribution is 6.00. The summed E-state index contributed by atoms with van der Waals surface area (Å²) in [6.45, 7) is 11.9. The molecule has 0 bridgehead atoms. The summed E-state index contributed by atoms with van der Waals surface area (Å²) in [5.74, 6) is -3.35. The number of fused-ring (bicyclic) bond motifs is 2. The molecule has 60 heavy (non-hydrogen) atoms. The van der Waals surface area contributed by atoms with Gasteiger partial charge in [0.25, 0.3) is 11.8 Å². The summed E-state index contributed by atoms with van der Waals surface area (Å²) in [6, 6.07) is 8.74. The van der Waals surface area contributed by atoms with Crippen LogP contribution in [0, 0.1) is 13.8 Å². The summed E-state index contributed by atoms with van der Waals surface area (Å²) < 4.78 is 22.2. The molecule has 0 saturated carbocycles. The van der Waals surface area contributed by atoms with Crippen LogP contribution in [0.4, 0.5) is 0 Å². The number of carbonyl (C=O) groups is 4. The molecule has 0 fully saturated rings. The number of hydrogen-bond acceptors (Lipinski definition) is 10. The van der Waals surface area contributed by atoms with Gasteiger partial charge in [0.1, 0.15) is 46.1 Å². The van der Waals surface area contributed by atoms with E-state index in [4.69, 9.17) is 20.9 Å². The number of phenols is 2. The van der Waals surface area contributed by atoms with Gasteiger partial charge < -0.3 is 49.4 Å². The normalized spacial score (nSPS) is 13.5. The quantitative estimate of drug-likeness (QED) is 0.117. The Kier molecular flexibility index (Phi) is 12.3. The number of aryl methyl sites for hydroxylation is 6. The molecule has 20 heteroatoms. The van der Waals surface area contributed by atoms with E-state index in [0.717, 1.165) is 0 Å². The lowest BCUT2D eigenvalue weighted by atomic mass is 10.1. The van der Waals surface area contributed by atoms with Gasteiger partial charge in [-0.2, -0.15) is 20.2 Å². The van der Waals surface area contributed by atoms with Crippen molar-refractivity contribution in [1.29, 1.82) is 0 Å². The average Bonchev–Trinajstić information content (AvgIpc) is 3.92. The van der Waals surface area contributed by atoms with E-state index in [0.29, 0.717) is 35.5 Å². The number of imidazole rings is 2. The number of benzene rings is 2. The molecule has 318 valence electrons. The number of nitrogens with zero attached hydrogens (tertiary/aromatic N) is 10. The second-order valence-electron chi connectivity index (χ2n) is 14.2. The SMILES string of the molecule is CCO[C@H](Cn1c(=NC(=O)c2cc(C)nn2CC)n(C)c2cc(C(N)=O)cc(O)c21)[C@@H](Cn1c(=NC(=O)c2cc(C)nn2CC)n(C)c2cc(C(N)=O)cc(O)c21)OCC. The molecule has 0 saturated heterocycles. The lowest BCUT2D eigenvalue weighted by Gasteiger charge is -2.28. The van der Waals surface area contributed by atoms with E-state index >= 15 is 0 Å². The van der Waals surface area contributed by atoms with Gasteiger partial charge in [-0.1, -0.05) is 0 Å². The topological polar surface area (TPSA) is 259 Å². The van der Waals surface area contributed by atoms with Gasteiger partial charge in [0.15, 0.2) is 0 Å². The Morgan fingerprint density at radius 3 is 1.33 bits per heavy atom. The standard InChI is InChI=1S/C40H50N12O8/c1-9-51-27(13-21(5)45-51)37(57)43-39-47(7)25-15-23(35(41)55)17-29(53)33(25)49(39)19-31(59-11-3)32(60-12-4)20-50-34-26(16-24(36(42)56)18-30(34)54)48(8)40(50)44-38(58)28-14-22(6)46-52(28)10-2/h13-18,31-32,53-54H,9-12,19-20H2,1-8H3,(H2,41,55)(H2,42,56)/t31-,32-/m1/s1. The predicted molar refractivity (Wildman–Crippen MR) is 218 cm³/mol. The monoisotopic (exact) mass is 826 g/mol. The van der Waals surface area contributed by atoms with E-state index in [-0.39, 0.29) is 82.6 Å². The molecule has 4 heterocycles. The number of carbonyl (C=O) groups excluding carboxylic acids is 4. The molecule has 2 aromatic carbocycles. The minimum atomic E-state index is -0.865. The molecule has 6 aromatic rings. The van der Waals surface area contributed by atoms with Crippen LogP contribution < -0.4 is 22.7 Å². The molecule has 0 aliphatic rings. The second kappa shape index (κ2) is 17.2. The Morgan fingerprint density at radius 2 is 1.02 bits per heavy atom. The number of phenolic OH excluding ortho intramolecular Hbond substituents is 2. The predicted octanol–water partition coefficient (Wildman–Crippen LogP) is 1.92. The van der Waals surface area contributed by atoms with Crippen molar-refractivity contribution in [3.63, 3.8) is 0 Å². The number of hydrogen-bond donors (Lipinski definition) is 4. The van der Waals surface area contributed by atoms with E-state index in [1.807, 2.05) is 13.8 Å². The van der Waals surface area contributed by atoms with Crippen LogP contribution in [0.5, 0.6) is 11.5 Å². The highest BCUT2D eigenvalue weighted by atomic mass is 16.5. The fourth-order valence-corrected chi connectivity index (χ4v) is 7.51. The lowest BCUT2D eigenvalue weighted by molar-refractivity contribution is -0.0801. The number of rotatable bonds is 15. The van der Waals surface area contributed by atoms with Crippen molar-refractivity contribution < 1.29 is 38.9 Å². The Bertz CT molecular complexity index is 2620. The number of aromatic nitrogens is 8. The first-order chi connectivity index (χ1) is 28.5. The first-order valence-electron chi connectivity index (χ1n) is 19.5. The smallest absolute Gasteiger partial charge is 0.298 e. The number of amides is 4. The summed E-state index contributed by atoms with van der Waals surface area (Å²) in [5.41, 5.74) is 14.4. The summed E-state index contributed by atoms with van der Waals surface area (Å²) in [4.78, 5) is 61.5. The van der Waals surface area contributed by atoms with Crippen molar-refractivity contribution in [3.8, 4) is 11.5 Å². The van der Waals surface area contributed by atoms with Crippen molar-refractivity contribution in [2.45, 2.75) is 79.9 Å². The van der Waals surface area contributed by atoms with Crippen LogP contribution in [0.2, 0.25) is 0 Å². The van der Waals surface area contributed by atoms with Crippen molar-refractivity contribution >= 4 is 45.7 Å². The Morgan fingerprint density at radius 1 is 0.650 bits per heavy atom. The molecule has 0 spiro atoms. The van der Waals surface area contributed by atoms with Crippen molar-refractivity contribution in [2.24, 2.45) is 35.5 Å². The molecule has 6 N–H and O–H groups in total. The lowest BCUT2D eigenvalue weighted by Crippen LogP contribution is -2.43. The number of nitrogens with two attached hydrogens (primary N) is 2. The van der Waals surface area contributed by atoms with Gasteiger partial charge >= 0.3 is 0 Å². The molecule has 4 amide bonds. The summed E-state index contributed by atoms with van der Waals surface area (Å²) >= 11 is 0. The molecule has 0 aliphatic carbocycles. The third kappa shape index (κ3) is 7.97. The van der Waals surface area contributed by atoms with Crippen molar-refractivity contribution in [2.75, 3.05) is 13.2 Å². The van der Waals surface area contributed by atoms with Crippen LogP contribution in [0.1, 0.15) is 80.8 Å². The fourth-order valence-electron chi connectivity index (χ4n) is 7.51. The fraction of sp³-hybridized carbons (Fsp3) is 0.400. The third-order valence-corrected chi connectivity index (χ3v) is 10.2. The largest absolute Gasteiger partial charge is 0.506 e. The first kappa shape index (κ1) is 42.8. The van der Waals surface area contributed by atoms with Gasteiger partial charge in [-0.25, -0.2) is 0 Å². The third-order valence-electron chi connectivity index (χ3n) is 10.2. The number of ether oxygens (including phenoxy) is 2. The van der Waals surface area contributed by atoms with Crippen LogP contribution in [0.3, 0.4) is 0 Å². The maximum absolute atomic E-state index is 13.9. The zero-order valence-corrected chi connectivity index (χ0v) is 34.8. The highest BCUT2D eigenvalue weighted by Gasteiger charge is 2.30. The van der Waals surface area contributed by atoms with Crippen LogP contribution in [-0.4, -0.2) is 97.1 Å². The number of primary amides is 2. The second-order valence-corrected chi connectivity index (χ2v) is 14.2. The van der Waals surface area contributed by atoms with Crippen LogP contribution >= 0.6 is 0 Å². The van der Waals surface area contributed by atoms with Gasteiger partial charge in [-0.3, -0.25) is 28.5 Å².